The molecule has 2 aromatic rings. The first-order valence-corrected chi connectivity index (χ1v) is 4.87. The number of thiocarbonyl (C=S) groups is 1. The number of hydrogen-bond donors (Lipinski definition) is 1. The smallest absolute Gasteiger partial charge is 0.123 e. The van der Waals surface area contributed by atoms with Gasteiger partial charge in [0.15, 0.2) is 0 Å². The molecule has 0 aliphatic carbocycles. The van der Waals surface area contributed by atoms with Gasteiger partial charge >= 0.3 is 0 Å². The quantitative estimate of drug-likeness (QED) is 0.780. The Labute approximate surface area is 92.8 Å². The molecule has 0 saturated heterocycles. The highest BCUT2D eigenvalue weighted by atomic mass is 32.1. The van der Waals surface area contributed by atoms with Gasteiger partial charge in [0.1, 0.15) is 10.7 Å². The summed E-state index contributed by atoms with van der Waals surface area (Å²) in [5, 5.41) is 0. The van der Waals surface area contributed by atoms with Gasteiger partial charge in [-0.2, -0.15) is 0 Å². The molecule has 0 spiro atoms. The summed E-state index contributed by atoms with van der Waals surface area (Å²) in [6.45, 7) is 0.681. The van der Waals surface area contributed by atoms with E-state index in [4.69, 9.17) is 18.0 Å². The Kier molecular flexibility index (Phi) is 2.73. The van der Waals surface area contributed by atoms with Crippen LogP contribution in [0.2, 0.25) is 0 Å². The average molecular weight is 218 g/mol. The molecule has 2 heterocycles. The fraction of sp³-hybridized carbons (Fsp3) is 0.100. The van der Waals surface area contributed by atoms with Crippen LogP contribution in [0.1, 0.15) is 11.3 Å². The molecule has 76 valence electrons. The zero-order valence-corrected chi connectivity index (χ0v) is 8.81. The van der Waals surface area contributed by atoms with Crippen molar-refractivity contribution in [2.24, 2.45) is 5.73 Å². The Morgan fingerprint density at radius 1 is 1.47 bits per heavy atom. The van der Waals surface area contributed by atoms with Crippen molar-refractivity contribution < 1.29 is 0 Å². The van der Waals surface area contributed by atoms with Gasteiger partial charge in [-0.3, -0.25) is 4.98 Å². The molecular formula is C10H10N4S. The SMILES string of the molecule is NC(=S)c1ncccc1Cn1ccnc1. The highest BCUT2D eigenvalue weighted by Gasteiger charge is 2.05. The van der Waals surface area contributed by atoms with Crippen LogP contribution in [-0.4, -0.2) is 19.5 Å². The van der Waals surface area contributed by atoms with Crippen LogP contribution in [0.3, 0.4) is 0 Å². The summed E-state index contributed by atoms with van der Waals surface area (Å²) in [5.74, 6) is 0. The molecule has 2 N–H and O–H groups in total. The fourth-order valence-electron chi connectivity index (χ4n) is 1.37. The second kappa shape index (κ2) is 4.18. The molecule has 0 radical (unpaired) electrons. The summed E-state index contributed by atoms with van der Waals surface area (Å²) >= 11 is 4.94. The van der Waals surface area contributed by atoms with Crippen molar-refractivity contribution in [2.75, 3.05) is 0 Å². The standard InChI is InChI=1S/C10H10N4S/c11-10(15)9-8(2-1-3-13-9)6-14-5-4-12-7-14/h1-5,7H,6H2,(H2,11,15). The van der Waals surface area contributed by atoms with E-state index in [2.05, 4.69) is 9.97 Å². The summed E-state index contributed by atoms with van der Waals surface area (Å²) in [6, 6.07) is 3.83. The Morgan fingerprint density at radius 3 is 3.00 bits per heavy atom. The van der Waals surface area contributed by atoms with E-state index in [1.807, 2.05) is 22.9 Å². The van der Waals surface area contributed by atoms with Crippen LogP contribution < -0.4 is 5.73 Å². The summed E-state index contributed by atoms with van der Waals surface area (Å²) in [7, 11) is 0. The minimum Gasteiger partial charge on any atom is -0.388 e. The number of aromatic nitrogens is 3. The highest BCUT2D eigenvalue weighted by Crippen LogP contribution is 2.07. The number of pyridine rings is 1. The molecular weight excluding hydrogens is 208 g/mol. The predicted molar refractivity (Wildman–Crippen MR) is 61.5 cm³/mol. The Hall–Kier alpha value is -1.75. The first-order valence-electron chi connectivity index (χ1n) is 4.47. The molecule has 0 fully saturated rings. The molecule has 0 unspecified atom stereocenters. The van der Waals surface area contributed by atoms with Crippen molar-refractivity contribution in [3.05, 3.63) is 48.3 Å². The molecule has 0 aliphatic heterocycles. The van der Waals surface area contributed by atoms with Gasteiger partial charge in [-0.1, -0.05) is 18.3 Å². The summed E-state index contributed by atoms with van der Waals surface area (Å²) < 4.78 is 1.94. The third-order valence-electron chi connectivity index (χ3n) is 2.04. The lowest BCUT2D eigenvalue weighted by molar-refractivity contribution is 0.791. The Bertz CT molecular complexity index is 464. The van der Waals surface area contributed by atoms with Crippen molar-refractivity contribution in [3.8, 4) is 0 Å². The fourth-order valence-corrected chi connectivity index (χ4v) is 1.55. The lowest BCUT2D eigenvalue weighted by Crippen LogP contribution is -2.15. The zero-order chi connectivity index (χ0) is 10.7. The Morgan fingerprint density at radius 2 is 2.33 bits per heavy atom. The van der Waals surface area contributed by atoms with Crippen molar-refractivity contribution in [3.63, 3.8) is 0 Å². The third kappa shape index (κ3) is 2.19. The average Bonchev–Trinajstić information content (AvgIpc) is 2.71. The second-order valence-corrected chi connectivity index (χ2v) is 3.55. The van der Waals surface area contributed by atoms with Gasteiger partial charge in [0.25, 0.3) is 0 Å². The van der Waals surface area contributed by atoms with Crippen molar-refractivity contribution in [1.29, 1.82) is 0 Å². The van der Waals surface area contributed by atoms with Crippen LogP contribution in [0.4, 0.5) is 0 Å². The van der Waals surface area contributed by atoms with Crippen molar-refractivity contribution in [2.45, 2.75) is 6.54 Å². The molecule has 0 amide bonds. The van der Waals surface area contributed by atoms with Gasteiger partial charge in [0.2, 0.25) is 0 Å². The highest BCUT2D eigenvalue weighted by molar-refractivity contribution is 7.80. The van der Waals surface area contributed by atoms with Gasteiger partial charge in [0.05, 0.1) is 12.9 Å². The van der Waals surface area contributed by atoms with Crippen molar-refractivity contribution in [1.82, 2.24) is 14.5 Å². The second-order valence-electron chi connectivity index (χ2n) is 3.11. The van der Waals surface area contributed by atoms with Gasteiger partial charge < -0.3 is 10.3 Å². The summed E-state index contributed by atoms with van der Waals surface area (Å²) in [5.41, 5.74) is 7.27. The largest absolute Gasteiger partial charge is 0.388 e. The molecule has 2 rings (SSSR count). The van der Waals surface area contributed by atoms with Crippen LogP contribution in [0.25, 0.3) is 0 Å². The van der Waals surface area contributed by atoms with Crippen LogP contribution >= 0.6 is 12.2 Å². The van der Waals surface area contributed by atoms with Gasteiger partial charge in [0, 0.05) is 24.2 Å². The van der Waals surface area contributed by atoms with Crippen LogP contribution in [0, 0.1) is 0 Å². The maximum Gasteiger partial charge on any atom is 0.123 e. The lowest BCUT2D eigenvalue weighted by Gasteiger charge is -2.06. The molecule has 5 heteroatoms. The topological polar surface area (TPSA) is 56.7 Å². The number of nitrogens with two attached hydrogens (primary N) is 1. The maximum absolute atomic E-state index is 5.59. The number of imidazole rings is 1. The van der Waals surface area contributed by atoms with E-state index >= 15 is 0 Å². The first kappa shape index (κ1) is 9.79. The lowest BCUT2D eigenvalue weighted by atomic mass is 10.2. The Balaban J connectivity index is 2.32. The molecule has 0 aliphatic rings. The minimum absolute atomic E-state index is 0.325. The molecule has 0 atom stereocenters. The van der Waals surface area contributed by atoms with Crippen molar-refractivity contribution >= 4 is 17.2 Å². The monoisotopic (exact) mass is 218 g/mol. The predicted octanol–water partition coefficient (Wildman–Crippen LogP) is 0.961. The van der Waals surface area contributed by atoms with Gasteiger partial charge in [-0.15, -0.1) is 0 Å². The molecule has 0 aromatic carbocycles. The minimum atomic E-state index is 0.325. The van der Waals surface area contributed by atoms with E-state index < -0.39 is 0 Å². The van der Waals surface area contributed by atoms with E-state index in [0.29, 0.717) is 17.2 Å². The molecule has 4 nitrogen and oxygen atoms in total. The number of nitrogens with zero attached hydrogens (tertiary/aromatic N) is 3. The molecule has 15 heavy (non-hydrogen) atoms. The van der Waals surface area contributed by atoms with Crippen LogP contribution in [0.5, 0.6) is 0 Å². The van der Waals surface area contributed by atoms with Gasteiger partial charge in [-0.05, 0) is 6.07 Å². The van der Waals surface area contributed by atoms with E-state index in [9.17, 15) is 0 Å². The van der Waals surface area contributed by atoms with E-state index in [-0.39, 0.29) is 0 Å². The first-order chi connectivity index (χ1) is 7.27. The van der Waals surface area contributed by atoms with Crippen LogP contribution in [0.15, 0.2) is 37.1 Å². The molecule has 0 bridgehead atoms. The van der Waals surface area contributed by atoms with E-state index in [1.165, 1.54) is 0 Å². The van der Waals surface area contributed by atoms with E-state index in [1.54, 1.807) is 18.7 Å². The van der Waals surface area contributed by atoms with E-state index in [0.717, 1.165) is 5.56 Å². The molecule has 0 saturated carbocycles. The maximum atomic E-state index is 5.59. The zero-order valence-electron chi connectivity index (χ0n) is 8.00. The summed E-state index contributed by atoms with van der Waals surface area (Å²) in [4.78, 5) is 8.45. The third-order valence-corrected chi connectivity index (χ3v) is 2.23. The molecule has 2 aromatic heterocycles. The van der Waals surface area contributed by atoms with Crippen LogP contribution in [-0.2, 0) is 6.54 Å². The van der Waals surface area contributed by atoms with Gasteiger partial charge in [-0.25, -0.2) is 4.98 Å². The summed E-state index contributed by atoms with van der Waals surface area (Å²) in [6.07, 6.45) is 7.05. The number of rotatable bonds is 3. The number of hydrogen-bond acceptors (Lipinski definition) is 3. The normalized spacial score (nSPS) is 10.1.